The van der Waals surface area contributed by atoms with Crippen LogP contribution >= 0.6 is 11.3 Å². The van der Waals surface area contributed by atoms with Crippen LogP contribution in [0.3, 0.4) is 0 Å². The number of hydrogen-bond acceptors (Lipinski definition) is 4. The van der Waals surface area contributed by atoms with E-state index >= 15 is 0 Å². The second kappa shape index (κ2) is 9.90. The fourth-order valence-corrected chi connectivity index (χ4v) is 4.47. The molecule has 0 amide bonds. The van der Waals surface area contributed by atoms with Gasteiger partial charge >= 0.3 is 0 Å². The Kier molecular flexibility index (Phi) is 6.80. The topological polar surface area (TPSA) is 29.3 Å². The van der Waals surface area contributed by atoms with Gasteiger partial charge in [-0.25, -0.2) is 0 Å². The molecule has 0 aliphatic carbocycles. The Balaban J connectivity index is 1.67. The third-order valence-electron chi connectivity index (χ3n) is 5.69. The minimum Gasteiger partial charge on any atom is -0.359 e. The smallest absolute Gasteiger partial charge is 0.154 e. The molecular formula is C27H28N2OS. The van der Waals surface area contributed by atoms with Gasteiger partial charge in [0.05, 0.1) is 6.54 Å². The molecule has 0 bridgehead atoms. The summed E-state index contributed by atoms with van der Waals surface area (Å²) >= 11 is 1.77. The highest BCUT2D eigenvalue weighted by Gasteiger charge is 2.19. The number of aromatic nitrogens is 1. The minimum absolute atomic E-state index is 0.771. The average Bonchev–Trinajstić information content (AvgIpc) is 3.49. The van der Waals surface area contributed by atoms with Crippen molar-refractivity contribution in [2.24, 2.45) is 0 Å². The van der Waals surface area contributed by atoms with Crippen molar-refractivity contribution in [1.29, 1.82) is 0 Å². The number of thiophene rings is 1. The Bertz CT molecular complexity index is 1110. The van der Waals surface area contributed by atoms with E-state index in [0.717, 1.165) is 48.6 Å². The van der Waals surface area contributed by atoms with Gasteiger partial charge in [0.15, 0.2) is 5.76 Å². The normalized spacial score (nSPS) is 11.2. The van der Waals surface area contributed by atoms with Crippen LogP contribution in [-0.2, 0) is 13.0 Å². The van der Waals surface area contributed by atoms with Gasteiger partial charge in [0.25, 0.3) is 0 Å². The summed E-state index contributed by atoms with van der Waals surface area (Å²) in [6.45, 7) is 10.9. The van der Waals surface area contributed by atoms with Crippen LogP contribution < -0.4 is 0 Å². The minimum atomic E-state index is 0.771. The summed E-state index contributed by atoms with van der Waals surface area (Å²) in [5.41, 5.74) is 6.79. The maximum Gasteiger partial charge on any atom is 0.154 e. The predicted molar refractivity (Wildman–Crippen MR) is 131 cm³/mol. The van der Waals surface area contributed by atoms with Gasteiger partial charge in [-0.05, 0) is 41.2 Å². The first-order valence-electron chi connectivity index (χ1n) is 10.8. The van der Waals surface area contributed by atoms with Crippen LogP contribution in [0.5, 0.6) is 0 Å². The average molecular weight is 429 g/mol. The van der Waals surface area contributed by atoms with Crippen molar-refractivity contribution in [1.82, 2.24) is 10.1 Å². The zero-order valence-corrected chi connectivity index (χ0v) is 19.0. The van der Waals surface area contributed by atoms with Crippen molar-refractivity contribution in [3.63, 3.8) is 0 Å². The molecule has 0 N–H and O–H groups in total. The zero-order chi connectivity index (χ0) is 21.6. The van der Waals surface area contributed by atoms with Crippen molar-refractivity contribution in [3.05, 3.63) is 95.1 Å². The highest BCUT2D eigenvalue weighted by atomic mass is 32.1. The van der Waals surface area contributed by atoms with Crippen molar-refractivity contribution >= 4 is 17.4 Å². The van der Waals surface area contributed by atoms with E-state index in [1.165, 1.54) is 21.6 Å². The van der Waals surface area contributed by atoms with E-state index in [9.17, 15) is 0 Å². The van der Waals surface area contributed by atoms with Crippen LogP contribution in [0, 0.1) is 0 Å². The van der Waals surface area contributed by atoms with E-state index in [-0.39, 0.29) is 0 Å². The lowest BCUT2D eigenvalue weighted by atomic mass is 9.97. The third kappa shape index (κ3) is 4.87. The number of rotatable bonds is 9. The van der Waals surface area contributed by atoms with E-state index in [4.69, 9.17) is 4.52 Å². The highest BCUT2D eigenvalue weighted by Crippen LogP contribution is 2.30. The molecule has 2 heterocycles. The standard InChI is InChI=1S/C27H28N2OS/c1-4-20-9-15-23(16-10-20)27-24(25(30-28-27)19-29(5-2)6-3)18-21-11-13-22(14-12-21)26-8-7-17-31-26/h4,7-17H,1,5-6,18-19H2,2-3H3. The van der Waals surface area contributed by atoms with Crippen LogP contribution in [0.4, 0.5) is 0 Å². The van der Waals surface area contributed by atoms with Crippen molar-refractivity contribution in [3.8, 4) is 21.7 Å². The van der Waals surface area contributed by atoms with Crippen LogP contribution in [0.1, 0.15) is 36.3 Å². The van der Waals surface area contributed by atoms with Crippen molar-refractivity contribution in [2.75, 3.05) is 13.1 Å². The molecule has 4 heteroatoms. The van der Waals surface area contributed by atoms with Gasteiger partial charge < -0.3 is 4.52 Å². The Morgan fingerprint density at radius 2 is 1.68 bits per heavy atom. The summed E-state index contributed by atoms with van der Waals surface area (Å²) in [7, 11) is 0. The van der Waals surface area contributed by atoms with Crippen LogP contribution in [0.15, 0.2) is 77.1 Å². The molecule has 0 radical (unpaired) electrons. The molecule has 0 unspecified atom stereocenters. The quantitative estimate of drug-likeness (QED) is 0.283. The molecule has 0 aliphatic rings. The number of benzene rings is 2. The summed E-state index contributed by atoms with van der Waals surface area (Å²) in [4.78, 5) is 3.65. The monoisotopic (exact) mass is 428 g/mol. The summed E-state index contributed by atoms with van der Waals surface area (Å²) in [6.07, 6.45) is 2.65. The maximum absolute atomic E-state index is 5.89. The van der Waals surface area contributed by atoms with Gasteiger partial charge in [-0.1, -0.05) is 86.3 Å². The Labute approximate surface area is 188 Å². The first-order valence-corrected chi connectivity index (χ1v) is 11.6. The Morgan fingerprint density at radius 3 is 2.29 bits per heavy atom. The summed E-state index contributed by atoms with van der Waals surface area (Å²) < 4.78 is 5.89. The molecule has 0 spiro atoms. The van der Waals surface area contributed by atoms with E-state index in [0.29, 0.717) is 0 Å². The molecule has 4 aromatic rings. The van der Waals surface area contributed by atoms with E-state index in [2.05, 4.69) is 96.5 Å². The SMILES string of the molecule is C=Cc1ccc(-c2noc(CN(CC)CC)c2Cc2ccc(-c3cccs3)cc2)cc1. The number of nitrogens with zero attached hydrogens (tertiary/aromatic N) is 2. The molecule has 0 saturated carbocycles. The van der Waals surface area contributed by atoms with Crippen molar-refractivity contribution in [2.45, 2.75) is 26.8 Å². The van der Waals surface area contributed by atoms with Crippen LogP contribution in [0.25, 0.3) is 27.8 Å². The first kappa shape index (κ1) is 21.3. The van der Waals surface area contributed by atoms with E-state index < -0.39 is 0 Å². The predicted octanol–water partition coefficient (Wildman–Crippen LogP) is 7.15. The van der Waals surface area contributed by atoms with Gasteiger partial charge in [-0.15, -0.1) is 11.3 Å². The molecule has 0 atom stereocenters. The second-order valence-corrected chi connectivity index (χ2v) is 8.52. The lowest BCUT2D eigenvalue weighted by molar-refractivity contribution is 0.251. The molecule has 3 nitrogen and oxygen atoms in total. The lowest BCUT2D eigenvalue weighted by Gasteiger charge is -2.16. The molecule has 2 aromatic heterocycles. The molecule has 0 aliphatic heterocycles. The first-order chi connectivity index (χ1) is 15.2. The highest BCUT2D eigenvalue weighted by molar-refractivity contribution is 7.13. The summed E-state index contributed by atoms with van der Waals surface area (Å²) in [5.74, 6) is 0.953. The summed E-state index contributed by atoms with van der Waals surface area (Å²) in [5, 5.41) is 6.61. The van der Waals surface area contributed by atoms with Gasteiger partial charge in [0, 0.05) is 22.4 Å². The molecule has 0 saturated heterocycles. The fourth-order valence-electron chi connectivity index (χ4n) is 3.74. The molecule has 158 valence electrons. The van der Waals surface area contributed by atoms with Crippen LogP contribution in [0.2, 0.25) is 0 Å². The molecule has 31 heavy (non-hydrogen) atoms. The van der Waals surface area contributed by atoms with Gasteiger partial charge in [0.1, 0.15) is 5.69 Å². The summed E-state index contributed by atoms with van der Waals surface area (Å²) in [6, 6.07) is 21.4. The molecule has 2 aromatic carbocycles. The number of hydrogen-bond donors (Lipinski definition) is 0. The third-order valence-corrected chi connectivity index (χ3v) is 6.61. The fraction of sp³-hybridized carbons (Fsp3) is 0.222. The van der Waals surface area contributed by atoms with Gasteiger partial charge in [0.2, 0.25) is 0 Å². The zero-order valence-electron chi connectivity index (χ0n) is 18.2. The second-order valence-electron chi connectivity index (χ2n) is 7.57. The lowest BCUT2D eigenvalue weighted by Crippen LogP contribution is -2.22. The van der Waals surface area contributed by atoms with Crippen LogP contribution in [-0.4, -0.2) is 23.1 Å². The van der Waals surface area contributed by atoms with Gasteiger partial charge in [-0.2, -0.15) is 0 Å². The maximum atomic E-state index is 5.89. The van der Waals surface area contributed by atoms with E-state index in [1.807, 2.05) is 6.08 Å². The Hall–Kier alpha value is -2.95. The van der Waals surface area contributed by atoms with Crippen molar-refractivity contribution < 1.29 is 4.52 Å². The largest absolute Gasteiger partial charge is 0.359 e. The molecule has 4 rings (SSSR count). The molecule has 0 fully saturated rings. The van der Waals surface area contributed by atoms with Gasteiger partial charge in [-0.3, -0.25) is 4.90 Å². The van der Waals surface area contributed by atoms with E-state index in [1.54, 1.807) is 11.3 Å². The molecular weight excluding hydrogens is 400 g/mol. The Morgan fingerprint density at radius 1 is 0.968 bits per heavy atom.